The Bertz CT molecular complexity index is 929. The van der Waals surface area contributed by atoms with Crippen LogP contribution < -0.4 is 15.5 Å². The fourth-order valence-electron chi connectivity index (χ4n) is 5.21. The van der Waals surface area contributed by atoms with Gasteiger partial charge in [0.05, 0.1) is 0 Å². The maximum Gasteiger partial charge on any atom is 0.251 e. The van der Waals surface area contributed by atoms with Gasteiger partial charge < -0.3 is 15.5 Å². The maximum atomic E-state index is 13.3. The lowest BCUT2D eigenvalue weighted by atomic mass is 9.76. The Hall–Kier alpha value is -2.40. The molecule has 0 bridgehead atoms. The molecular formula is C26H38N4O. The molecule has 0 unspecified atom stereocenters. The molecule has 5 heteroatoms. The van der Waals surface area contributed by atoms with Gasteiger partial charge in [0.2, 0.25) is 0 Å². The number of hydrogen-bond donors (Lipinski definition) is 2. The summed E-state index contributed by atoms with van der Waals surface area (Å²) in [5.41, 5.74) is 5.93. The lowest BCUT2D eigenvalue weighted by Crippen LogP contribution is -2.59. The minimum absolute atomic E-state index is 0.00309. The molecule has 1 aromatic heterocycles. The van der Waals surface area contributed by atoms with Crippen molar-refractivity contribution in [3.63, 3.8) is 0 Å². The monoisotopic (exact) mass is 422 g/mol. The van der Waals surface area contributed by atoms with Crippen molar-refractivity contribution in [1.29, 1.82) is 0 Å². The summed E-state index contributed by atoms with van der Waals surface area (Å²) in [5.74, 6) is 0.449. The van der Waals surface area contributed by atoms with Crippen LogP contribution in [-0.2, 0) is 0 Å². The number of aromatic nitrogens is 1. The lowest BCUT2D eigenvalue weighted by Gasteiger charge is -2.46. The van der Waals surface area contributed by atoms with Crippen molar-refractivity contribution in [3.8, 4) is 11.1 Å². The average molecular weight is 423 g/mol. The first-order valence-corrected chi connectivity index (χ1v) is 11.2. The van der Waals surface area contributed by atoms with Crippen LogP contribution in [0.1, 0.15) is 62.2 Å². The third-order valence-electron chi connectivity index (χ3n) is 6.18. The summed E-state index contributed by atoms with van der Waals surface area (Å²) in [4.78, 5) is 19.8. The zero-order chi connectivity index (χ0) is 23.0. The molecule has 0 aliphatic carbocycles. The van der Waals surface area contributed by atoms with Crippen LogP contribution >= 0.6 is 0 Å². The fourth-order valence-corrected chi connectivity index (χ4v) is 5.21. The highest BCUT2D eigenvalue weighted by atomic mass is 16.1. The van der Waals surface area contributed by atoms with E-state index in [1.165, 1.54) is 0 Å². The van der Waals surface area contributed by atoms with Gasteiger partial charge in [0, 0.05) is 60.4 Å². The molecule has 5 nitrogen and oxygen atoms in total. The Morgan fingerprint density at radius 3 is 2.29 bits per heavy atom. The first kappa shape index (κ1) is 23.3. The molecule has 1 amide bonds. The molecule has 1 aliphatic rings. The minimum Gasteiger partial charge on any atom is -0.377 e. The molecule has 0 saturated carbocycles. The van der Waals surface area contributed by atoms with Crippen molar-refractivity contribution >= 4 is 11.6 Å². The van der Waals surface area contributed by atoms with Gasteiger partial charge in [-0.2, -0.15) is 0 Å². The van der Waals surface area contributed by atoms with E-state index in [-0.39, 0.29) is 17.0 Å². The minimum atomic E-state index is -0.00309. The zero-order valence-corrected chi connectivity index (χ0v) is 20.4. The van der Waals surface area contributed by atoms with E-state index in [0.717, 1.165) is 46.5 Å². The van der Waals surface area contributed by atoms with E-state index in [4.69, 9.17) is 0 Å². The zero-order valence-electron chi connectivity index (χ0n) is 20.4. The number of nitrogens with zero attached hydrogens (tertiary/aromatic N) is 2. The summed E-state index contributed by atoms with van der Waals surface area (Å²) >= 11 is 0. The first-order chi connectivity index (χ1) is 14.4. The highest BCUT2D eigenvalue weighted by Gasteiger charge is 2.37. The Labute approximate surface area is 187 Å². The number of anilines is 1. The molecule has 31 heavy (non-hydrogen) atoms. The Morgan fingerprint density at radius 2 is 1.74 bits per heavy atom. The molecule has 168 valence electrons. The number of carbonyl (C=O) groups excluding carboxylic acids is 1. The quantitative estimate of drug-likeness (QED) is 0.732. The number of amides is 1. The van der Waals surface area contributed by atoms with Crippen molar-refractivity contribution in [2.75, 3.05) is 25.5 Å². The Morgan fingerprint density at radius 1 is 1.10 bits per heavy atom. The summed E-state index contributed by atoms with van der Waals surface area (Å²) in [6.45, 7) is 13.7. The average Bonchev–Trinajstić information content (AvgIpc) is 2.64. The van der Waals surface area contributed by atoms with Crippen molar-refractivity contribution < 1.29 is 4.79 Å². The van der Waals surface area contributed by atoms with E-state index in [9.17, 15) is 4.79 Å². The van der Waals surface area contributed by atoms with Crippen LogP contribution in [-0.4, -0.2) is 42.6 Å². The second-order valence-corrected chi connectivity index (χ2v) is 10.6. The van der Waals surface area contributed by atoms with Crippen molar-refractivity contribution in [2.24, 2.45) is 5.92 Å². The van der Waals surface area contributed by atoms with Crippen LogP contribution in [0.4, 0.5) is 5.69 Å². The number of carbonyl (C=O) groups is 1. The molecule has 0 spiro atoms. The molecule has 1 aliphatic heterocycles. The van der Waals surface area contributed by atoms with Gasteiger partial charge in [-0.1, -0.05) is 6.07 Å². The van der Waals surface area contributed by atoms with Gasteiger partial charge in [0.25, 0.3) is 5.91 Å². The normalized spacial score (nSPS) is 17.9. The number of piperidine rings is 1. The number of aryl methyl sites for hydroxylation is 1. The third-order valence-corrected chi connectivity index (χ3v) is 6.18. The fraction of sp³-hybridized carbons (Fsp3) is 0.538. The predicted molar refractivity (Wildman–Crippen MR) is 130 cm³/mol. The second kappa shape index (κ2) is 8.62. The highest BCUT2D eigenvalue weighted by molar-refractivity contribution is 5.98. The van der Waals surface area contributed by atoms with E-state index >= 15 is 0 Å². The van der Waals surface area contributed by atoms with Crippen molar-refractivity contribution in [3.05, 3.63) is 47.3 Å². The molecule has 1 fully saturated rings. The third kappa shape index (κ3) is 5.65. The Balaban J connectivity index is 1.85. The predicted octanol–water partition coefficient (Wildman–Crippen LogP) is 4.72. The molecule has 3 rings (SSSR count). The van der Waals surface area contributed by atoms with E-state index in [1.807, 2.05) is 46.3 Å². The van der Waals surface area contributed by atoms with Crippen LogP contribution in [0.5, 0.6) is 0 Å². The molecule has 2 aromatic rings. The van der Waals surface area contributed by atoms with Crippen LogP contribution in [0.3, 0.4) is 0 Å². The van der Waals surface area contributed by atoms with E-state index in [2.05, 4.69) is 60.3 Å². The lowest BCUT2D eigenvalue weighted by molar-refractivity contribution is 0.0905. The van der Waals surface area contributed by atoms with Gasteiger partial charge in [0.1, 0.15) is 0 Å². The molecule has 0 atom stereocenters. The molecule has 2 heterocycles. The summed E-state index contributed by atoms with van der Waals surface area (Å²) in [6.07, 6.45) is 3.97. The van der Waals surface area contributed by atoms with Crippen LogP contribution in [0.2, 0.25) is 0 Å². The molecule has 2 N–H and O–H groups in total. The van der Waals surface area contributed by atoms with Gasteiger partial charge in [-0.15, -0.1) is 0 Å². The second-order valence-electron chi connectivity index (χ2n) is 10.6. The van der Waals surface area contributed by atoms with Gasteiger partial charge >= 0.3 is 0 Å². The highest BCUT2D eigenvalue weighted by Crippen LogP contribution is 2.33. The largest absolute Gasteiger partial charge is 0.377 e. The molecule has 1 saturated heterocycles. The van der Waals surface area contributed by atoms with Crippen LogP contribution in [0, 0.1) is 19.8 Å². The topological polar surface area (TPSA) is 57.3 Å². The van der Waals surface area contributed by atoms with Crippen LogP contribution in [0.25, 0.3) is 11.1 Å². The molecule has 0 radical (unpaired) electrons. The number of pyridine rings is 1. The van der Waals surface area contributed by atoms with E-state index in [0.29, 0.717) is 12.5 Å². The summed E-state index contributed by atoms with van der Waals surface area (Å²) in [6, 6.07) is 8.20. The smallest absolute Gasteiger partial charge is 0.251 e. The number of benzene rings is 1. The van der Waals surface area contributed by atoms with Crippen molar-refractivity contribution in [2.45, 2.75) is 65.5 Å². The first-order valence-electron chi connectivity index (χ1n) is 11.2. The maximum absolute atomic E-state index is 13.3. The summed E-state index contributed by atoms with van der Waals surface area (Å²) in [5, 5.41) is 6.95. The summed E-state index contributed by atoms with van der Waals surface area (Å²) < 4.78 is 0. The van der Waals surface area contributed by atoms with Crippen LogP contribution in [0.15, 0.2) is 30.5 Å². The Kier molecular flexibility index (Phi) is 6.47. The standard InChI is InChI=1S/C26H38N4O/c1-17-9-10-20(16-27-17)21-11-22(18(2)23(12-21)30(7)8)24(31)28-15-19-13-25(3,4)29-26(5,6)14-19/h9-12,16,19,29H,13-15H2,1-8H3,(H,28,31). The van der Waals surface area contributed by atoms with E-state index < -0.39 is 0 Å². The SMILES string of the molecule is Cc1ccc(-c2cc(C(=O)NCC3CC(C)(C)NC(C)(C)C3)c(C)c(N(C)C)c2)cn1. The number of hydrogen-bond acceptors (Lipinski definition) is 4. The van der Waals surface area contributed by atoms with E-state index in [1.54, 1.807) is 0 Å². The van der Waals surface area contributed by atoms with Gasteiger partial charge in [-0.3, -0.25) is 9.78 Å². The van der Waals surface area contributed by atoms with Crippen molar-refractivity contribution in [1.82, 2.24) is 15.6 Å². The number of nitrogens with one attached hydrogen (secondary N) is 2. The molecule has 1 aromatic carbocycles. The van der Waals surface area contributed by atoms with Gasteiger partial charge in [-0.25, -0.2) is 0 Å². The summed E-state index contributed by atoms with van der Waals surface area (Å²) in [7, 11) is 4.03. The van der Waals surface area contributed by atoms with Gasteiger partial charge in [-0.05, 0) is 89.6 Å². The molecular weight excluding hydrogens is 384 g/mol. The number of rotatable bonds is 5. The van der Waals surface area contributed by atoms with Gasteiger partial charge in [0.15, 0.2) is 0 Å².